The van der Waals surface area contributed by atoms with Crippen LogP contribution >= 0.6 is 0 Å². The van der Waals surface area contributed by atoms with Gasteiger partial charge in [0.25, 0.3) is 0 Å². The lowest BCUT2D eigenvalue weighted by atomic mass is 10.1. The van der Waals surface area contributed by atoms with E-state index < -0.39 is 23.1 Å². The minimum atomic E-state index is -0.481. The van der Waals surface area contributed by atoms with Gasteiger partial charge in [-0.25, -0.2) is 9.97 Å². The van der Waals surface area contributed by atoms with Gasteiger partial charge in [0.2, 0.25) is 0 Å². The molecule has 1 rings (SSSR count). The van der Waals surface area contributed by atoms with Gasteiger partial charge in [0.05, 0.1) is 0 Å². The molecule has 0 spiro atoms. The highest BCUT2D eigenvalue weighted by atomic mass is 16.1. The molecule has 0 fully saturated rings. The number of hydrogen-bond acceptors (Lipinski definition) is 6. The number of aromatic nitrogens is 2. The highest BCUT2D eigenvalue weighted by Gasteiger charge is 2.23. The van der Waals surface area contributed by atoms with Gasteiger partial charge in [-0.15, -0.1) is 0 Å². The smallest absolute Gasteiger partial charge is 0.180 e. The summed E-state index contributed by atoms with van der Waals surface area (Å²) in [6.07, 6.45) is 0. The van der Waals surface area contributed by atoms with Crippen LogP contribution in [0.4, 0.5) is 0 Å². The van der Waals surface area contributed by atoms with Crippen molar-refractivity contribution in [1.29, 1.82) is 0 Å². The molecule has 0 aromatic carbocycles. The number of carbonyl (C=O) groups excluding carboxylic acids is 4. The Labute approximate surface area is 103 Å². The summed E-state index contributed by atoms with van der Waals surface area (Å²) in [7, 11) is 0. The van der Waals surface area contributed by atoms with Gasteiger partial charge in [-0.05, 0) is 0 Å². The van der Waals surface area contributed by atoms with Crippen molar-refractivity contribution in [3.8, 4) is 0 Å². The minimum Gasteiger partial charge on any atom is -0.293 e. The van der Waals surface area contributed by atoms with Gasteiger partial charge in [0.1, 0.15) is 22.8 Å². The molecule has 0 N–H and O–H groups in total. The zero-order chi connectivity index (χ0) is 14.0. The van der Waals surface area contributed by atoms with Gasteiger partial charge in [0.15, 0.2) is 23.1 Å². The Hall–Kier alpha value is -2.24. The standard InChI is InChI=1S/C12H12N2O4/c1-5(15)9-10(6(2)16)14-12(8(4)18)11(13-9)7(3)17/h1-4H3. The average molecular weight is 248 g/mol. The number of nitrogens with zero attached hydrogens (tertiary/aromatic N) is 2. The maximum atomic E-state index is 11.4. The maximum Gasteiger partial charge on any atom is 0.180 e. The molecule has 0 radical (unpaired) electrons. The largest absolute Gasteiger partial charge is 0.293 e. The Balaban J connectivity index is 3.71. The van der Waals surface area contributed by atoms with E-state index in [1.807, 2.05) is 0 Å². The van der Waals surface area contributed by atoms with Crippen LogP contribution < -0.4 is 0 Å². The summed E-state index contributed by atoms with van der Waals surface area (Å²) >= 11 is 0. The van der Waals surface area contributed by atoms with Gasteiger partial charge < -0.3 is 0 Å². The van der Waals surface area contributed by atoms with Crippen molar-refractivity contribution in [3.63, 3.8) is 0 Å². The molecule has 6 heteroatoms. The van der Waals surface area contributed by atoms with E-state index >= 15 is 0 Å². The zero-order valence-electron chi connectivity index (χ0n) is 10.5. The van der Waals surface area contributed by atoms with E-state index in [0.29, 0.717) is 0 Å². The minimum absolute atomic E-state index is 0.183. The predicted octanol–water partition coefficient (Wildman–Crippen LogP) is 1.29. The van der Waals surface area contributed by atoms with Crippen LogP contribution in [0.3, 0.4) is 0 Å². The van der Waals surface area contributed by atoms with Crippen LogP contribution in [0.15, 0.2) is 0 Å². The number of carbonyl (C=O) groups is 4. The van der Waals surface area contributed by atoms with Crippen LogP contribution in [0.1, 0.15) is 69.6 Å². The average Bonchev–Trinajstić information content (AvgIpc) is 2.26. The molecule has 18 heavy (non-hydrogen) atoms. The van der Waals surface area contributed by atoms with E-state index in [2.05, 4.69) is 9.97 Å². The van der Waals surface area contributed by atoms with E-state index in [0.717, 1.165) is 0 Å². The first-order chi connectivity index (χ1) is 8.25. The van der Waals surface area contributed by atoms with Crippen molar-refractivity contribution >= 4 is 23.1 Å². The first kappa shape index (κ1) is 13.8. The lowest BCUT2D eigenvalue weighted by molar-refractivity contribution is 0.0955. The third-order valence-electron chi connectivity index (χ3n) is 2.23. The topological polar surface area (TPSA) is 94.1 Å². The summed E-state index contributed by atoms with van der Waals surface area (Å²) in [5.74, 6) is -1.92. The summed E-state index contributed by atoms with van der Waals surface area (Å²) in [5, 5.41) is 0. The fourth-order valence-electron chi connectivity index (χ4n) is 1.42. The molecule has 0 aliphatic carbocycles. The number of ketones is 4. The highest BCUT2D eigenvalue weighted by Crippen LogP contribution is 2.12. The number of rotatable bonds is 4. The quantitative estimate of drug-likeness (QED) is 0.745. The molecule has 0 atom stereocenters. The third-order valence-corrected chi connectivity index (χ3v) is 2.23. The van der Waals surface area contributed by atoms with Crippen molar-refractivity contribution in [3.05, 3.63) is 22.8 Å². The van der Waals surface area contributed by atoms with Gasteiger partial charge in [-0.2, -0.15) is 0 Å². The zero-order valence-corrected chi connectivity index (χ0v) is 10.5. The van der Waals surface area contributed by atoms with Crippen LogP contribution in [0.2, 0.25) is 0 Å². The Bertz CT molecular complexity index is 477. The summed E-state index contributed by atoms with van der Waals surface area (Å²) in [6.45, 7) is 4.86. The van der Waals surface area contributed by atoms with Crippen LogP contribution in [0.5, 0.6) is 0 Å². The van der Waals surface area contributed by atoms with Gasteiger partial charge >= 0.3 is 0 Å². The first-order valence-electron chi connectivity index (χ1n) is 5.21. The second kappa shape index (κ2) is 4.95. The predicted molar refractivity (Wildman–Crippen MR) is 62.1 cm³/mol. The Morgan fingerprint density at radius 3 is 0.833 bits per heavy atom. The van der Waals surface area contributed by atoms with Crippen molar-refractivity contribution < 1.29 is 19.2 Å². The van der Waals surface area contributed by atoms with Crippen LogP contribution in [0, 0.1) is 0 Å². The lowest BCUT2D eigenvalue weighted by Gasteiger charge is -2.07. The molecular weight excluding hydrogens is 236 g/mol. The highest BCUT2D eigenvalue weighted by molar-refractivity contribution is 6.09. The molecule has 0 saturated carbocycles. The fourth-order valence-corrected chi connectivity index (χ4v) is 1.42. The molecule has 1 heterocycles. The number of Topliss-reactive ketones (excluding diaryl/α,β-unsaturated/α-hetero) is 4. The molecule has 1 aromatic heterocycles. The summed E-state index contributed by atoms with van der Waals surface area (Å²) < 4.78 is 0. The monoisotopic (exact) mass is 248 g/mol. The molecule has 0 amide bonds. The number of hydrogen-bond donors (Lipinski definition) is 0. The van der Waals surface area contributed by atoms with E-state index in [1.54, 1.807) is 0 Å². The van der Waals surface area contributed by atoms with E-state index in [4.69, 9.17) is 0 Å². The SMILES string of the molecule is CC(=O)c1nc(C(C)=O)c(C(C)=O)nc1C(C)=O. The summed E-state index contributed by atoms with van der Waals surface area (Å²) in [5.41, 5.74) is -0.731. The molecule has 1 aromatic rings. The van der Waals surface area contributed by atoms with E-state index in [-0.39, 0.29) is 22.8 Å². The lowest BCUT2D eigenvalue weighted by Crippen LogP contribution is -2.19. The second-order valence-electron chi connectivity index (χ2n) is 3.84. The Morgan fingerprint density at radius 2 is 0.722 bits per heavy atom. The van der Waals surface area contributed by atoms with Crippen molar-refractivity contribution in [2.45, 2.75) is 27.7 Å². The third kappa shape index (κ3) is 2.53. The molecule has 94 valence electrons. The van der Waals surface area contributed by atoms with E-state index in [9.17, 15) is 19.2 Å². The Kier molecular flexibility index (Phi) is 3.80. The van der Waals surface area contributed by atoms with Crippen LogP contribution in [-0.2, 0) is 0 Å². The van der Waals surface area contributed by atoms with E-state index in [1.165, 1.54) is 27.7 Å². The molecule has 6 nitrogen and oxygen atoms in total. The normalized spacial score (nSPS) is 10.0. The van der Waals surface area contributed by atoms with Gasteiger partial charge in [0, 0.05) is 27.7 Å². The maximum absolute atomic E-state index is 11.4. The molecular formula is C12H12N2O4. The molecule has 0 unspecified atom stereocenters. The second-order valence-corrected chi connectivity index (χ2v) is 3.84. The fraction of sp³-hybridized carbons (Fsp3) is 0.333. The van der Waals surface area contributed by atoms with Crippen molar-refractivity contribution in [2.75, 3.05) is 0 Å². The first-order valence-corrected chi connectivity index (χ1v) is 5.21. The van der Waals surface area contributed by atoms with Crippen LogP contribution in [0.25, 0.3) is 0 Å². The molecule has 0 saturated heterocycles. The van der Waals surface area contributed by atoms with Crippen LogP contribution in [-0.4, -0.2) is 33.1 Å². The summed E-state index contributed by atoms with van der Waals surface area (Å²) in [4.78, 5) is 53.1. The Morgan fingerprint density at radius 1 is 0.556 bits per heavy atom. The van der Waals surface area contributed by atoms with Crippen molar-refractivity contribution in [2.24, 2.45) is 0 Å². The molecule has 0 aliphatic rings. The van der Waals surface area contributed by atoms with Crippen molar-refractivity contribution in [1.82, 2.24) is 9.97 Å². The molecule has 0 bridgehead atoms. The van der Waals surface area contributed by atoms with Gasteiger partial charge in [-0.3, -0.25) is 19.2 Å². The summed E-state index contributed by atoms with van der Waals surface area (Å²) in [6, 6.07) is 0. The van der Waals surface area contributed by atoms with Gasteiger partial charge in [-0.1, -0.05) is 0 Å². The molecule has 0 aliphatic heterocycles.